The zero-order valence-corrected chi connectivity index (χ0v) is 15.8. The van der Waals surface area contributed by atoms with Gasteiger partial charge < -0.3 is 9.80 Å². The van der Waals surface area contributed by atoms with Gasteiger partial charge in [-0.05, 0) is 32.3 Å². The fraction of sp³-hybridized carbons (Fsp3) is 0.474. The summed E-state index contributed by atoms with van der Waals surface area (Å²) in [4.78, 5) is 18.1. The van der Waals surface area contributed by atoms with E-state index in [1.54, 1.807) is 10.8 Å². The molecule has 0 atom stereocenters. The zero-order chi connectivity index (χ0) is 18.4. The third-order valence-electron chi connectivity index (χ3n) is 4.46. The van der Waals surface area contributed by atoms with Crippen LogP contribution in [0.4, 0.5) is 11.9 Å². The molecule has 26 heavy (non-hydrogen) atoms. The standard InChI is InChI=1S/C19H27N7/c1-4-13-25(14-12-16-10-8-7-9-11-16)19-23-18(24(5-2)6-3)22-17-20-15-21-26(17)19/h7-11,15H,4-6,12-14H2,1-3H3. The molecule has 2 heterocycles. The van der Waals surface area contributed by atoms with Crippen molar-refractivity contribution < 1.29 is 0 Å². The number of fused-ring (bicyclic) bond motifs is 1. The Balaban J connectivity index is 1.94. The first-order chi connectivity index (χ1) is 12.8. The van der Waals surface area contributed by atoms with Crippen molar-refractivity contribution >= 4 is 17.7 Å². The molecular formula is C19H27N7. The third kappa shape index (κ3) is 3.92. The minimum absolute atomic E-state index is 0.595. The van der Waals surface area contributed by atoms with E-state index in [-0.39, 0.29) is 0 Å². The van der Waals surface area contributed by atoms with E-state index >= 15 is 0 Å². The number of hydrogen-bond acceptors (Lipinski definition) is 6. The van der Waals surface area contributed by atoms with Crippen LogP contribution in [0.3, 0.4) is 0 Å². The molecule has 7 nitrogen and oxygen atoms in total. The molecule has 0 amide bonds. The Morgan fingerprint density at radius 1 is 0.923 bits per heavy atom. The number of nitrogens with zero attached hydrogens (tertiary/aromatic N) is 7. The van der Waals surface area contributed by atoms with Gasteiger partial charge in [-0.3, -0.25) is 0 Å². The van der Waals surface area contributed by atoms with Crippen molar-refractivity contribution in [3.8, 4) is 0 Å². The molecule has 0 aliphatic rings. The average Bonchev–Trinajstić information content (AvgIpc) is 3.15. The number of hydrogen-bond donors (Lipinski definition) is 0. The largest absolute Gasteiger partial charge is 0.341 e. The monoisotopic (exact) mass is 353 g/mol. The van der Waals surface area contributed by atoms with Crippen molar-refractivity contribution in [3.05, 3.63) is 42.2 Å². The summed E-state index contributed by atoms with van der Waals surface area (Å²) in [6.45, 7) is 9.91. The van der Waals surface area contributed by atoms with Gasteiger partial charge in [-0.25, -0.2) is 0 Å². The molecular weight excluding hydrogens is 326 g/mol. The van der Waals surface area contributed by atoms with Crippen LogP contribution < -0.4 is 9.80 Å². The Bertz CT molecular complexity index is 811. The van der Waals surface area contributed by atoms with Crippen molar-refractivity contribution in [2.75, 3.05) is 36.0 Å². The normalized spacial score (nSPS) is 11.0. The summed E-state index contributed by atoms with van der Waals surface area (Å²) in [5, 5.41) is 4.35. The lowest BCUT2D eigenvalue weighted by molar-refractivity contribution is 0.698. The van der Waals surface area contributed by atoms with Crippen molar-refractivity contribution in [1.29, 1.82) is 0 Å². The summed E-state index contributed by atoms with van der Waals surface area (Å²) >= 11 is 0. The van der Waals surface area contributed by atoms with Gasteiger partial charge in [0.1, 0.15) is 6.33 Å². The van der Waals surface area contributed by atoms with Gasteiger partial charge in [0.15, 0.2) is 0 Å². The molecule has 0 unspecified atom stereocenters. The highest BCUT2D eigenvalue weighted by Crippen LogP contribution is 2.18. The lowest BCUT2D eigenvalue weighted by Crippen LogP contribution is -2.32. The van der Waals surface area contributed by atoms with E-state index in [0.29, 0.717) is 11.7 Å². The Hall–Kier alpha value is -2.70. The Labute approximate surface area is 154 Å². The first-order valence-corrected chi connectivity index (χ1v) is 9.38. The molecule has 0 spiro atoms. The van der Waals surface area contributed by atoms with E-state index < -0.39 is 0 Å². The highest BCUT2D eigenvalue weighted by Gasteiger charge is 2.18. The molecule has 138 valence electrons. The maximum Gasteiger partial charge on any atom is 0.258 e. The fourth-order valence-electron chi connectivity index (χ4n) is 3.05. The Kier molecular flexibility index (Phi) is 5.99. The summed E-state index contributed by atoms with van der Waals surface area (Å²) in [6, 6.07) is 10.5. The minimum atomic E-state index is 0.595. The molecule has 2 aromatic heterocycles. The SMILES string of the molecule is CCCN(CCc1ccccc1)c1nc(N(CC)CC)nc2ncnn12. The Morgan fingerprint density at radius 3 is 2.38 bits per heavy atom. The van der Waals surface area contributed by atoms with E-state index in [2.05, 4.69) is 69.9 Å². The molecule has 0 saturated heterocycles. The van der Waals surface area contributed by atoms with Crippen molar-refractivity contribution in [3.63, 3.8) is 0 Å². The van der Waals surface area contributed by atoms with E-state index in [4.69, 9.17) is 4.98 Å². The van der Waals surface area contributed by atoms with Crippen LogP contribution in [0.5, 0.6) is 0 Å². The summed E-state index contributed by atoms with van der Waals surface area (Å²) in [7, 11) is 0. The van der Waals surface area contributed by atoms with Crippen LogP contribution in [0, 0.1) is 0 Å². The zero-order valence-electron chi connectivity index (χ0n) is 15.8. The van der Waals surface area contributed by atoms with Crippen molar-refractivity contribution in [2.45, 2.75) is 33.6 Å². The topological polar surface area (TPSA) is 62.5 Å². The molecule has 0 aliphatic heterocycles. The molecule has 0 radical (unpaired) electrons. The van der Waals surface area contributed by atoms with Gasteiger partial charge in [-0.2, -0.15) is 24.6 Å². The molecule has 0 bridgehead atoms. The molecule has 3 aromatic rings. The lowest BCUT2D eigenvalue weighted by atomic mass is 10.1. The maximum atomic E-state index is 4.85. The van der Waals surface area contributed by atoms with E-state index in [1.165, 1.54) is 5.56 Å². The molecule has 3 rings (SSSR count). The van der Waals surface area contributed by atoms with Gasteiger partial charge in [-0.1, -0.05) is 37.3 Å². The minimum Gasteiger partial charge on any atom is -0.341 e. The van der Waals surface area contributed by atoms with Crippen LogP contribution in [0.1, 0.15) is 32.8 Å². The maximum absolute atomic E-state index is 4.85. The first-order valence-electron chi connectivity index (χ1n) is 9.38. The van der Waals surface area contributed by atoms with Crippen LogP contribution in [-0.4, -0.2) is 50.7 Å². The van der Waals surface area contributed by atoms with E-state index in [9.17, 15) is 0 Å². The van der Waals surface area contributed by atoms with E-state index in [0.717, 1.165) is 45.0 Å². The molecule has 0 saturated carbocycles. The van der Waals surface area contributed by atoms with Gasteiger partial charge in [0.05, 0.1) is 0 Å². The molecule has 0 fully saturated rings. The molecule has 7 heteroatoms. The predicted octanol–water partition coefficient (Wildman–Crippen LogP) is 2.82. The molecule has 0 aliphatic carbocycles. The summed E-state index contributed by atoms with van der Waals surface area (Å²) in [5.74, 6) is 2.12. The van der Waals surface area contributed by atoms with Gasteiger partial charge >= 0.3 is 0 Å². The quantitative estimate of drug-likeness (QED) is 0.589. The van der Waals surface area contributed by atoms with Crippen molar-refractivity contribution in [1.82, 2.24) is 24.6 Å². The summed E-state index contributed by atoms with van der Waals surface area (Å²) in [5.41, 5.74) is 1.32. The van der Waals surface area contributed by atoms with Gasteiger partial charge in [0.25, 0.3) is 5.78 Å². The predicted molar refractivity (Wildman–Crippen MR) is 105 cm³/mol. The second kappa shape index (κ2) is 8.60. The van der Waals surface area contributed by atoms with Crippen LogP contribution in [-0.2, 0) is 6.42 Å². The Morgan fingerprint density at radius 2 is 1.69 bits per heavy atom. The smallest absolute Gasteiger partial charge is 0.258 e. The number of aromatic nitrogens is 5. The molecule has 1 aromatic carbocycles. The first kappa shape index (κ1) is 18.1. The van der Waals surface area contributed by atoms with Crippen molar-refractivity contribution in [2.24, 2.45) is 0 Å². The number of benzene rings is 1. The fourth-order valence-corrected chi connectivity index (χ4v) is 3.05. The van der Waals surface area contributed by atoms with Crippen LogP contribution in [0.25, 0.3) is 5.78 Å². The second-order valence-corrected chi connectivity index (χ2v) is 6.19. The number of anilines is 2. The van der Waals surface area contributed by atoms with Gasteiger partial charge in [-0.15, -0.1) is 0 Å². The third-order valence-corrected chi connectivity index (χ3v) is 4.46. The van der Waals surface area contributed by atoms with E-state index in [1.807, 2.05) is 6.07 Å². The van der Waals surface area contributed by atoms with Gasteiger partial charge in [0, 0.05) is 26.2 Å². The van der Waals surface area contributed by atoms with Crippen LogP contribution >= 0.6 is 0 Å². The highest BCUT2D eigenvalue weighted by molar-refractivity contribution is 5.47. The summed E-state index contributed by atoms with van der Waals surface area (Å²) in [6.07, 6.45) is 3.54. The van der Waals surface area contributed by atoms with Crippen LogP contribution in [0.15, 0.2) is 36.7 Å². The summed E-state index contributed by atoms with van der Waals surface area (Å²) < 4.78 is 1.74. The average molecular weight is 353 g/mol. The van der Waals surface area contributed by atoms with Gasteiger partial charge in [0.2, 0.25) is 11.9 Å². The molecule has 0 N–H and O–H groups in total. The second-order valence-electron chi connectivity index (χ2n) is 6.19. The highest BCUT2D eigenvalue weighted by atomic mass is 15.5. The van der Waals surface area contributed by atoms with Crippen LogP contribution in [0.2, 0.25) is 0 Å². The lowest BCUT2D eigenvalue weighted by Gasteiger charge is -2.25. The number of rotatable bonds is 9.